The Morgan fingerprint density at radius 2 is 1.74 bits per heavy atom. The summed E-state index contributed by atoms with van der Waals surface area (Å²) in [4.78, 5) is 29.9. The smallest absolute Gasteiger partial charge is 0.472 e. The van der Waals surface area contributed by atoms with Crippen molar-refractivity contribution in [1.82, 2.24) is 0 Å². The van der Waals surface area contributed by atoms with Crippen molar-refractivity contribution in [3.63, 3.8) is 0 Å². The molecule has 1 unspecified atom stereocenters. The normalized spacial score (nSPS) is 13.9. The molecule has 0 saturated heterocycles. The van der Waals surface area contributed by atoms with Gasteiger partial charge in [0.25, 0.3) is 0 Å². The summed E-state index contributed by atoms with van der Waals surface area (Å²) in [6, 6.07) is 7.95. The Labute approximate surface area is 158 Å². The van der Waals surface area contributed by atoms with E-state index in [4.69, 9.17) is 14.5 Å². The van der Waals surface area contributed by atoms with E-state index in [2.05, 4.69) is 4.52 Å². The highest BCUT2D eigenvalue weighted by Gasteiger charge is 2.21. The van der Waals surface area contributed by atoms with Crippen LogP contribution in [-0.4, -0.2) is 67.3 Å². The quantitative estimate of drug-likeness (QED) is 0.351. The molecule has 0 heterocycles. The van der Waals surface area contributed by atoms with E-state index in [0.717, 1.165) is 0 Å². The van der Waals surface area contributed by atoms with Gasteiger partial charge in [-0.2, -0.15) is 0 Å². The zero-order valence-corrected chi connectivity index (χ0v) is 16.7. The third-order valence-corrected chi connectivity index (χ3v) is 3.97. The number of carbonyl (C=O) groups excluding carboxylic acids is 1. The third kappa shape index (κ3) is 12.9. The van der Waals surface area contributed by atoms with Crippen molar-refractivity contribution in [2.45, 2.75) is 6.92 Å². The maximum atomic E-state index is 11.0. The van der Waals surface area contributed by atoms with Crippen LogP contribution < -0.4 is 5.11 Å². The van der Waals surface area contributed by atoms with Gasteiger partial charge >= 0.3 is 13.8 Å². The minimum atomic E-state index is -3.79. The van der Waals surface area contributed by atoms with Gasteiger partial charge in [0.2, 0.25) is 0 Å². The highest BCUT2D eigenvalue weighted by Crippen LogP contribution is 2.42. The zero-order valence-electron chi connectivity index (χ0n) is 15.8. The van der Waals surface area contributed by atoms with E-state index in [-0.39, 0.29) is 18.8 Å². The number of quaternary nitrogens is 1. The van der Waals surface area contributed by atoms with Crippen LogP contribution in [0.2, 0.25) is 0 Å². The molecule has 0 saturated carbocycles. The fourth-order valence-electron chi connectivity index (χ4n) is 1.63. The molecule has 1 rings (SSSR count). The number of phosphoric acid groups is 1. The van der Waals surface area contributed by atoms with Crippen molar-refractivity contribution in [2.24, 2.45) is 0 Å². The predicted octanol–water partition coefficient (Wildman–Crippen LogP) is 0.751. The second kappa shape index (κ2) is 11.6. The minimum absolute atomic E-state index is 0.179. The van der Waals surface area contributed by atoms with Crippen molar-refractivity contribution in [3.8, 4) is 0 Å². The molecule has 10 heteroatoms. The molecule has 1 aromatic rings. The van der Waals surface area contributed by atoms with Crippen LogP contribution in [0.15, 0.2) is 36.4 Å². The third-order valence-electron chi connectivity index (χ3n) is 2.88. The first-order valence-corrected chi connectivity index (χ1v) is 9.51. The SMILES string of the molecule is CCOP(=O)(O)OCC[N+](C)(C)C.O=C(O)/C=C(/C(=O)[O-])c1ccccc1. The largest absolute Gasteiger partial charge is 0.545 e. The first-order chi connectivity index (χ1) is 12.4. The molecule has 0 bridgehead atoms. The van der Waals surface area contributed by atoms with E-state index in [1.165, 1.54) is 12.1 Å². The van der Waals surface area contributed by atoms with Crippen molar-refractivity contribution in [2.75, 3.05) is 40.9 Å². The lowest BCUT2D eigenvalue weighted by Gasteiger charge is -2.23. The number of carbonyl (C=O) groups is 2. The standard InChI is InChI=1S/C10H8O4.C7H18NO4P/c11-9(12)6-8(10(13)14)7-4-2-1-3-5-7;1-5-11-13(9,10)12-7-6-8(2,3)4/h1-6H,(H,11,12)(H,13,14);5-7H2,1-4H3/b8-6+;. The highest BCUT2D eigenvalue weighted by atomic mass is 31.2. The first-order valence-electron chi connectivity index (χ1n) is 8.01. The molecule has 0 radical (unpaired) electrons. The maximum Gasteiger partial charge on any atom is 0.472 e. The van der Waals surface area contributed by atoms with Crippen LogP contribution in [0.4, 0.5) is 0 Å². The Morgan fingerprint density at radius 1 is 1.19 bits per heavy atom. The van der Waals surface area contributed by atoms with Crippen LogP contribution in [0.25, 0.3) is 5.57 Å². The van der Waals surface area contributed by atoms with Crippen molar-refractivity contribution < 1.29 is 42.8 Å². The van der Waals surface area contributed by atoms with Gasteiger partial charge in [0.15, 0.2) is 0 Å². The summed E-state index contributed by atoms with van der Waals surface area (Å²) in [7, 11) is 2.15. The number of benzene rings is 1. The molecular formula is C17H26NO8P. The van der Waals surface area contributed by atoms with E-state index in [0.29, 0.717) is 22.7 Å². The maximum absolute atomic E-state index is 11.0. The van der Waals surface area contributed by atoms with Gasteiger partial charge in [0, 0.05) is 11.6 Å². The molecule has 0 aliphatic rings. The molecule has 0 aromatic heterocycles. The van der Waals surface area contributed by atoms with Gasteiger partial charge in [-0.25, -0.2) is 9.36 Å². The fraction of sp³-hybridized carbons (Fsp3) is 0.412. The number of carboxylic acid groups (broad SMARTS) is 2. The van der Waals surface area contributed by atoms with E-state index >= 15 is 0 Å². The van der Waals surface area contributed by atoms with Crippen LogP contribution in [0.1, 0.15) is 12.5 Å². The van der Waals surface area contributed by atoms with E-state index < -0.39 is 19.8 Å². The van der Waals surface area contributed by atoms with E-state index in [9.17, 15) is 19.3 Å². The average molecular weight is 403 g/mol. The Balaban J connectivity index is 0.000000503. The Bertz CT molecular complexity index is 682. The summed E-state index contributed by atoms with van der Waals surface area (Å²) in [6.45, 7) is 2.71. The lowest BCUT2D eigenvalue weighted by molar-refractivity contribution is -0.870. The number of nitrogens with zero attached hydrogens (tertiary/aromatic N) is 1. The number of phosphoric ester groups is 1. The van der Waals surface area contributed by atoms with Gasteiger partial charge in [0.1, 0.15) is 13.2 Å². The van der Waals surface area contributed by atoms with Crippen molar-refractivity contribution >= 4 is 25.3 Å². The lowest BCUT2D eigenvalue weighted by atomic mass is 10.1. The average Bonchev–Trinajstić information content (AvgIpc) is 2.52. The van der Waals surface area contributed by atoms with E-state index in [1.54, 1.807) is 25.1 Å². The van der Waals surface area contributed by atoms with Gasteiger partial charge < -0.3 is 24.4 Å². The first kappa shape index (κ1) is 25.0. The second-order valence-electron chi connectivity index (χ2n) is 6.28. The molecule has 0 fully saturated rings. The summed E-state index contributed by atoms with van der Waals surface area (Å²) in [5.74, 6) is -2.81. The van der Waals surface area contributed by atoms with E-state index in [1.807, 2.05) is 21.1 Å². The summed E-state index contributed by atoms with van der Waals surface area (Å²) in [5, 5.41) is 19.0. The Hall–Kier alpha value is -2.03. The van der Waals surface area contributed by atoms with Gasteiger partial charge in [0.05, 0.1) is 33.7 Å². The molecular weight excluding hydrogens is 377 g/mol. The second-order valence-corrected chi connectivity index (χ2v) is 7.74. The zero-order chi connectivity index (χ0) is 21.1. The van der Waals surface area contributed by atoms with Crippen LogP contribution >= 0.6 is 7.82 Å². The van der Waals surface area contributed by atoms with Crippen molar-refractivity contribution in [3.05, 3.63) is 42.0 Å². The number of hydrogen-bond donors (Lipinski definition) is 2. The van der Waals surface area contributed by atoms with Gasteiger partial charge in [-0.15, -0.1) is 0 Å². The summed E-state index contributed by atoms with van der Waals surface area (Å²) in [5.41, 5.74) is -0.0204. The molecule has 1 aromatic carbocycles. The number of hydrogen-bond acceptors (Lipinski definition) is 6. The number of rotatable bonds is 9. The van der Waals surface area contributed by atoms with Crippen LogP contribution in [0, 0.1) is 0 Å². The molecule has 152 valence electrons. The molecule has 0 aliphatic carbocycles. The molecule has 1 atom stereocenters. The Morgan fingerprint density at radius 3 is 2.15 bits per heavy atom. The van der Waals surface area contributed by atoms with Crippen LogP contribution in [0.3, 0.4) is 0 Å². The number of carboxylic acids is 2. The Kier molecular flexibility index (Phi) is 10.8. The van der Waals surface area contributed by atoms with Gasteiger partial charge in [-0.3, -0.25) is 9.05 Å². The number of aliphatic carboxylic acids is 2. The minimum Gasteiger partial charge on any atom is -0.545 e. The molecule has 0 spiro atoms. The molecule has 9 nitrogen and oxygen atoms in total. The number of likely N-dealkylation sites (N-methyl/N-ethyl adjacent to an activating group) is 1. The summed E-state index contributed by atoms with van der Waals surface area (Å²) < 4.78 is 20.9. The molecule has 2 N–H and O–H groups in total. The monoisotopic (exact) mass is 403 g/mol. The van der Waals surface area contributed by atoms with Gasteiger partial charge in [-0.1, -0.05) is 30.3 Å². The van der Waals surface area contributed by atoms with Crippen LogP contribution in [-0.2, 0) is 23.2 Å². The molecule has 0 amide bonds. The predicted molar refractivity (Wildman–Crippen MR) is 97.4 cm³/mol. The molecule has 27 heavy (non-hydrogen) atoms. The van der Waals surface area contributed by atoms with Crippen molar-refractivity contribution in [1.29, 1.82) is 0 Å². The summed E-state index contributed by atoms with van der Waals surface area (Å²) >= 11 is 0. The highest BCUT2D eigenvalue weighted by molar-refractivity contribution is 7.47. The summed E-state index contributed by atoms with van der Waals surface area (Å²) in [6.07, 6.45) is 0.616. The van der Waals surface area contributed by atoms with Crippen LogP contribution in [0.5, 0.6) is 0 Å². The topological polar surface area (TPSA) is 133 Å². The lowest BCUT2D eigenvalue weighted by Crippen LogP contribution is -2.37. The van der Waals surface area contributed by atoms with Gasteiger partial charge in [-0.05, 0) is 12.5 Å². The molecule has 0 aliphatic heterocycles. The fourth-order valence-corrected chi connectivity index (χ4v) is 2.34.